The van der Waals surface area contributed by atoms with Gasteiger partial charge in [0.05, 0.1) is 10.6 Å². The number of sulfonamides is 1. The van der Waals surface area contributed by atoms with E-state index in [9.17, 15) is 27.9 Å². The number of likely N-dealkylation sites (N-methyl/N-ethyl adjacent to an activating group) is 1. The molecule has 1 aliphatic rings. The summed E-state index contributed by atoms with van der Waals surface area (Å²) in [6.45, 7) is 3.57. The Morgan fingerprint density at radius 1 is 1.08 bits per heavy atom. The van der Waals surface area contributed by atoms with E-state index in [4.69, 9.17) is 0 Å². The van der Waals surface area contributed by atoms with Crippen LogP contribution in [0.5, 0.6) is 5.75 Å². The highest BCUT2D eigenvalue weighted by atomic mass is 32.2. The number of rotatable bonds is 9. The van der Waals surface area contributed by atoms with Gasteiger partial charge in [-0.2, -0.15) is 0 Å². The van der Waals surface area contributed by atoms with Gasteiger partial charge in [-0.15, -0.1) is 0 Å². The minimum absolute atomic E-state index is 0.0413. The summed E-state index contributed by atoms with van der Waals surface area (Å²) in [5.41, 5.74) is 0.360. The minimum Gasteiger partial charge on any atom is -0.506 e. The lowest BCUT2D eigenvalue weighted by Gasteiger charge is -2.28. The van der Waals surface area contributed by atoms with Gasteiger partial charge in [0.15, 0.2) is 0 Å². The van der Waals surface area contributed by atoms with E-state index in [0.717, 1.165) is 5.56 Å². The molecule has 11 heteroatoms. The van der Waals surface area contributed by atoms with Crippen LogP contribution in [0.15, 0.2) is 77.7 Å². The van der Waals surface area contributed by atoms with Gasteiger partial charge in [0, 0.05) is 18.2 Å². The van der Waals surface area contributed by atoms with Crippen LogP contribution in [0.4, 0.5) is 16.2 Å². The summed E-state index contributed by atoms with van der Waals surface area (Å²) in [5.74, 6) is -1.03. The number of amides is 4. The lowest BCUT2D eigenvalue weighted by atomic mass is 10.0. The van der Waals surface area contributed by atoms with E-state index in [0.29, 0.717) is 17.7 Å². The molecule has 38 heavy (non-hydrogen) atoms. The standard InChI is InChI=1S/C27H28N4O6S/c1-3-31(20-13-14-23(33)22(15-20)28-17-32)25(34)27(16-21(27)19-10-5-4-6-11-19)29-26(35)30-38(36,37)24-12-8-7-9-18(24)2/h4-15,17,21,33H,3,16H2,1-2H3,(H,28,32)(H2,29,30,35). The second-order valence-electron chi connectivity index (χ2n) is 8.98. The Bertz CT molecular complexity index is 1480. The molecule has 4 N–H and O–H groups in total. The largest absolute Gasteiger partial charge is 0.506 e. The van der Waals surface area contributed by atoms with Gasteiger partial charge in [0.1, 0.15) is 11.3 Å². The van der Waals surface area contributed by atoms with Crippen LogP contribution < -0.4 is 20.3 Å². The van der Waals surface area contributed by atoms with E-state index in [-0.39, 0.29) is 29.3 Å². The summed E-state index contributed by atoms with van der Waals surface area (Å²) in [4.78, 5) is 39.4. The molecule has 0 aromatic heterocycles. The molecule has 4 amide bonds. The molecule has 0 saturated heterocycles. The number of phenols is 1. The number of carbonyl (C=O) groups is 3. The molecule has 198 valence electrons. The third-order valence-corrected chi connectivity index (χ3v) is 8.05. The van der Waals surface area contributed by atoms with Crippen LogP contribution in [0.2, 0.25) is 0 Å². The Morgan fingerprint density at radius 2 is 1.76 bits per heavy atom. The zero-order valence-corrected chi connectivity index (χ0v) is 21.7. The fraction of sp³-hybridized carbons (Fsp3) is 0.222. The number of hydrogen-bond acceptors (Lipinski definition) is 6. The van der Waals surface area contributed by atoms with Crippen LogP contribution in [0.25, 0.3) is 0 Å². The number of nitrogens with one attached hydrogen (secondary N) is 3. The number of urea groups is 1. The first-order chi connectivity index (χ1) is 18.1. The Balaban J connectivity index is 1.66. The number of aryl methyl sites for hydroxylation is 1. The monoisotopic (exact) mass is 536 g/mol. The average Bonchev–Trinajstić information content (AvgIpc) is 3.61. The Morgan fingerprint density at radius 3 is 2.42 bits per heavy atom. The molecule has 4 rings (SSSR count). The second kappa shape index (κ2) is 10.5. The molecule has 1 aliphatic carbocycles. The number of benzene rings is 3. The predicted molar refractivity (Wildman–Crippen MR) is 142 cm³/mol. The SMILES string of the molecule is CCN(C(=O)C1(NC(=O)NS(=O)(=O)c2ccccc2C)CC1c1ccccc1)c1ccc(O)c(NC=O)c1. The predicted octanol–water partition coefficient (Wildman–Crippen LogP) is 3.24. The summed E-state index contributed by atoms with van der Waals surface area (Å²) >= 11 is 0. The summed E-state index contributed by atoms with van der Waals surface area (Å²) in [6.07, 6.45) is 0.660. The Hall–Kier alpha value is -4.38. The van der Waals surface area contributed by atoms with Crippen molar-refractivity contribution in [2.75, 3.05) is 16.8 Å². The normalized spacial score (nSPS) is 18.2. The van der Waals surface area contributed by atoms with Gasteiger partial charge in [-0.05, 0) is 55.7 Å². The second-order valence-corrected chi connectivity index (χ2v) is 10.6. The highest BCUT2D eigenvalue weighted by Crippen LogP contribution is 2.53. The molecular formula is C27H28N4O6S. The average molecular weight is 537 g/mol. The van der Waals surface area contributed by atoms with Gasteiger partial charge in [0.2, 0.25) is 6.41 Å². The molecule has 3 aromatic rings. The van der Waals surface area contributed by atoms with Crippen molar-refractivity contribution in [1.29, 1.82) is 0 Å². The van der Waals surface area contributed by atoms with E-state index in [1.54, 1.807) is 32.0 Å². The lowest BCUT2D eigenvalue weighted by molar-refractivity contribution is -0.121. The van der Waals surface area contributed by atoms with Crippen LogP contribution in [-0.4, -0.2) is 44.0 Å². The summed E-state index contributed by atoms with van der Waals surface area (Å²) in [5, 5.41) is 15.1. The quantitative estimate of drug-likeness (QED) is 0.244. The Labute approximate surface area is 220 Å². The fourth-order valence-electron chi connectivity index (χ4n) is 4.60. The van der Waals surface area contributed by atoms with Crippen LogP contribution in [0, 0.1) is 6.92 Å². The van der Waals surface area contributed by atoms with Crippen LogP contribution >= 0.6 is 0 Å². The maximum absolute atomic E-state index is 14.0. The molecule has 3 aromatic carbocycles. The van der Waals surface area contributed by atoms with Gasteiger partial charge < -0.3 is 20.6 Å². The number of phenolic OH excluding ortho intramolecular Hbond substituents is 1. The zero-order valence-electron chi connectivity index (χ0n) is 20.8. The van der Waals surface area contributed by atoms with Crippen LogP contribution in [0.3, 0.4) is 0 Å². The summed E-state index contributed by atoms with van der Waals surface area (Å²) in [7, 11) is -4.19. The van der Waals surface area contributed by atoms with E-state index in [1.807, 2.05) is 35.1 Å². The van der Waals surface area contributed by atoms with Gasteiger partial charge >= 0.3 is 6.03 Å². The molecular weight excluding hydrogens is 508 g/mol. The number of nitrogens with zero attached hydrogens (tertiary/aromatic N) is 1. The number of anilines is 2. The first-order valence-corrected chi connectivity index (χ1v) is 13.4. The van der Waals surface area contributed by atoms with Gasteiger partial charge in [0.25, 0.3) is 15.9 Å². The van der Waals surface area contributed by atoms with Crippen LogP contribution in [-0.2, 0) is 19.6 Å². The van der Waals surface area contributed by atoms with E-state index >= 15 is 0 Å². The molecule has 2 atom stereocenters. The maximum Gasteiger partial charge on any atom is 0.329 e. The van der Waals surface area contributed by atoms with Gasteiger partial charge in [-0.25, -0.2) is 17.9 Å². The molecule has 1 fully saturated rings. The smallest absolute Gasteiger partial charge is 0.329 e. The van der Waals surface area contributed by atoms with Crippen molar-refractivity contribution in [2.24, 2.45) is 0 Å². The summed E-state index contributed by atoms with van der Waals surface area (Å²) < 4.78 is 27.9. The van der Waals surface area contributed by atoms with Crippen molar-refractivity contribution in [1.82, 2.24) is 10.0 Å². The highest BCUT2D eigenvalue weighted by Gasteiger charge is 2.63. The third kappa shape index (κ3) is 5.18. The number of hydrogen-bond donors (Lipinski definition) is 4. The molecule has 10 nitrogen and oxygen atoms in total. The molecule has 0 heterocycles. The molecule has 0 aliphatic heterocycles. The van der Waals surface area contributed by atoms with E-state index < -0.39 is 33.4 Å². The molecule has 0 spiro atoms. The first kappa shape index (κ1) is 26.7. The lowest BCUT2D eigenvalue weighted by Crippen LogP contribution is -2.55. The summed E-state index contributed by atoms with van der Waals surface area (Å²) in [6, 6.07) is 18.7. The van der Waals surface area contributed by atoms with Crippen molar-refractivity contribution < 1.29 is 27.9 Å². The van der Waals surface area contributed by atoms with Crippen molar-refractivity contribution >= 4 is 39.7 Å². The highest BCUT2D eigenvalue weighted by molar-refractivity contribution is 7.90. The first-order valence-electron chi connectivity index (χ1n) is 11.9. The van der Waals surface area contributed by atoms with Crippen LogP contribution in [0.1, 0.15) is 30.4 Å². The molecule has 2 unspecified atom stereocenters. The maximum atomic E-state index is 14.0. The molecule has 1 saturated carbocycles. The third-order valence-electron chi connectivity index (χ3n) is 6.56. The van der Waals surface area contributed by atoms with E-state index in [1.165, 1.54) is 29.2 Å². The minimum atomic E-state index is -4.19. The topological polar surface area (TPSA) is 145 Å². The van der Waals surface area contributed by atoms with Gasteiger partial charge in [-0.1, -0.05) is 48.5 Å². The van der Waals surface area contributed by atoms with Crippen molar-refractivity contribution in [3.05, 3.63) is 83.9 Å². The zero-order chi connectivity index (χ0) is 27.5. The fourth-order valence-corrected chi connectivity index (χ4v) is 5.75. The molecule has 0 radical (unpaired) electrons. The molecule has 0 bridgehead atoms. The van der Waals surface area contributed by atoms with Crippen molar-refractivity contribution in [3.8, 4) is 5.75 Å². The van der Waals surface area contributed by atoms with Crippen molar-refractivity contribution in [3.63, 3.8) is 0 Å². The van der Waals surface area contributed by atoms with Gasteiger partial charge in [-0.3, -0.25) is 9.59 Å². The number of aromatic hydroxyl groups is 1. The van der Waals surface area contributed by atoms with E-state index in [2.05, 4.69) is 10.6 Å². The van der Waals surface area contributed by atoms with Crippen molar-refractivity contribution in [2.45, 2.75) is 36.6 Å². The number of carbonyl (C=O) groups excluding carboxylic acids is 3. The Kier molecular flexibility index (Phi) is 7.40.